The third-order valence-electron chi connectivity index (χ3n) is 3.06. The molecule has 0 saturated carbocycles. The van der Waals surface area contributed by atoms with Crippen molar-refractivity contribution in [3.05, 3.63) is 35.0 Å². The summed E-state index contributed by atoms with van der Waals surface area (Å²) in [5.74, 6) is -1.75. The molecule has 3 N–H and O–H groups in total. The van der Waals surface area contributed by atoms with E-state index in [0.717, 1.165) is 12.8 Å². The lowest BCUT2D eigenvalue weighted by Gasteiger charge is -2.22. The number of carboxylic acid groups (broad SMARTS) is 1. The van der Waals surface area contributed by atoms with Gasteiger partial charge in [0.15, 0.2) is 0 Å². The molecular formula is C14H18N4O3. The first-order valence-corrected chi connectivity index (χ1v) is 6.87. The second kappa shape index (κ2) is 6.34. The number of rotatable bonds is 6. The number of hydrogen-bond donors (Lipinski definition) is 3. The van der Waals surface area contributed by atoms with E-state index in [1.54, 1.807) is 24.3 Å². The zero-order valence-corrected chi connectivity index (χ0v) is 11.8. The molecule has 2 rings (SSSR count). The lowest BCUT2D eigenvalue weighted by Crippen LogP contribution is -2.48. The average molecular weight is 290 g/mol. The predicted molar refractivity (Wildman–Crippen MR) is 75.2 cm³/mol. The van der Waals surface area contributed by atoms with Gasteiger partial charge < -0.3 is 10.4 Å². The van der Waals surface area contributed by atoms with Crippen LogP contribution in [-0.4, -0.2) is 29.4 Å². The van der Waals surface area contributed by atoms with Crippen molar-refractivity contribution < 1.29 is 14.7 Å². The van der Waals surface area contributed by atoms with E-state index in [0.29, 0.717) is 17.3 Å². The molecule has 0 fully saturated rings. The summed E-state index contributed by atoms with van der Waals surface area (Å²) < 4.78 is 0. The highest BCUT2D eigenvalue weighted by atomic mass is 16.4. The molecule has 0 aromatic heterocycles. The number of amides is 2. The number of fused-ring (bicyclic) bond motifs is 1. The Balaban J connectivity index is 2.19. The Labute approximate surface area is 121 Å². The SMILES string of the molecule is CCCCNC(=O)CC1(NC(=O)O)N=c2ccccc2=N1. The smallest absolute Gasteiger partial charge is 0.408 e. The first-order valence-electron chi connectivity index (χ1n) is 6.87. The average Bonchev–Trinajstić information content (AvgIpc) is 2.75. The summed E-state index contributed by atoms with van der Waals surface area (Å²) in [5.41, 5.74) is 0. The molecule has 1 aliphatic heterocycles. The quantitative estimate of drug-likeness (QED) is 0.650. The lowest BCUT2D eigenvalue weighted by atomic mass is 10.2. The summed E-state index contributed by atoms with van der Waals surface area (Å²) in [6.07, 6.45) is 0.424. The van der Waals surface area contributed by atoms with Crippen LogP contribution in [0.5, 0.6) is 0 Å². The molecule has 2 amide bonds. The number of unbranched alkanes of at least 4 members (excludes halogenated alkanes) is 1. The van der Waals surface area contributed by atoms with Gasteiger partial charge >= 0.3 is 6.09 Å². The van der Waals surface area contributed by atoms with Gasteiger partial charge in [0.25, 0.3) is 0 Å². The molecular weight excluding hydrogens is 272 g/mol. The largest absolute Gasteiger partial charge is 0.465 e. The minimum Gasteiger partial charge on any atom is -0.465 e. The van der Waals surface area contributed by atoms with Gasteiger partial charge in [0, 0.05) is 6.54 Å². The highest BCUT2D eigenvalue weighted by Crippen LogP contribution is 2.15. The second-order valence-corrected chi connectivity index (χ2v) is 4.84. The van der Waals surface area contributed by atoms with Crippen molar-refractivity contribution in [2.45, 2.75) is 32.0 Å². The van der Waals surface area contributed by atoms with Gasteiger partial charge in [-0.3, -0.25) is 10.1 Å². The van der Waals surface area contributed by atoms with Crippen molar-refractivity contribution in [2.75, 3.05) is 6.54 Å². The van der Waals surface area contributed by atoms with Gasteiger partial charge in [0.1, 0.15) is 0 Å². The fourth-order valence-corrected chi connectivity index (χ4v) is 2.12. The van der Waals surface area contributed by atoms with Crippen LogP contribution in [0.1, 0.15) is 26.2 Å². The number of benzene rings is 1. The molecule has 0 radical (unpaired) electrons. The van der Waals surface area contributed by atoms with Gasteiger partial charge in [-0.05, 0) is 18.6 Å². The van der Waals surface area contributed by atoms with E-state index in [2.05, 4.69) is 20.6 Å². The first kappa shape index (κ1) is 15.0. The summed E-state index contributed by atoms with van der Waals surface area (Å²) in [7, 11) is 0. The minimum absolute atomic E-state index is 0.155. The van der Waals surface area contributed by atoms with Crippen LogP contribution in [-0.2, 0) is 4.79 Å². The molecule has 7 heteroatoms. The minimum atomic E-state index is -1.47. The molecule has 1 aromatic carbocycles. The van der Waals surface area contributed by atoms with Crippen molar-refractivity contribution in [3.8, 4) is 0 Å². The summed E-state index contributed by atoms with van der Waals surface area (Å²) in [5, 5.41) is 15.1. The maximum absolute atomic E-state index is 11.9. The number of para-hydroxylation sites is 2. The van der Waals surface area contributed by atoms with Crippen LogP contribution >= 0.6 is 0 Å². The molecule has 1 heterocycles. The molecule has 0 aliphatic carbocycles. The van der Waals surface area contributed by atoms with Gasteiger partial charge in [-0.25, -0.2) is 14.8 Å². The van der Waals surface area contributed by atoms with Gasteiger partial charge in [-0.15, -0.1) is 0 Å². The second-order valence-electron chi connectivity index (χ2n) is 4.84. The van der Waals surface area contributed by atoms with Crippen LogP contribution in [0, 0.1) is 0 Å². The Kier molecular flexibility index (Phi) is 4.52. The van der Waals surface area contributed by atoms with E-state index < -0.39 is 11.9 Å². The Morgan fingerprint density at radius 1 is 1.24 bits per heavy atom. The number of carbonyl (C=O) groups is 2. The molecule has 7 nitrogen and oxygen atoms in total. The zero-order valence-electron chi connectivity index (χ0n) is 11.8. The van der Waals surface area contributed by atoms with Crippen molar-refractivity contribution in [2.24, 2.45) is 9.98 Å². The van der Waals surface area contributed by atoms with Crippen molar-refractivity contribution in [1.82, 2.24) is 10.6 Å². The summed E-state index contributed by atoms with van der Waals surface area (Å²) in [6, 6.07) is 7.05. The van der Waals surface area contributed by atoms with Crippen LogP contribution in [0.4, 0.5) is 4.79 Å². The Bertz CT molecular complexity index is 621. The van der Waals surface area contributed by atoms with Crippen LogP contribution < -0.4 is 21.3 Å². The fourth-order valence-electron chi connectivity index (χ4n) is 2.12. The van der Waals surface area contributed by atoms with E-state index in [-0.39, 0.29) is 12.3 Å². The molecule has 1 aliphatic rings. The van der Waals surface area contributed by atoms with Gasteiger partial charge in [-0.1, -0.05) is 25.5 Å². The van der Waals surface area contributed by atoms with Gasteiger partial charge in [-0.2, -0.15) is 0 Å². The van der Waals surface area contributed by atoms with E-state index in [1.165, 1.54) is 0 Å². The Morgan fingerprint density at radius 2 is 1.86 bits per heavy atom. The fraction of sp³-hybridized carbons (Fsp3) is 0.429. The summed E-state index contributed by atoms with van der Waals surface area (Å²) in [6.45, 7) is 2.59. The third kappa shape index (κ3) is 3.77. The lowest BCUT2D eigenvalue weighted by molar-refractivity contribution is -0.122. The highest BCUT2D eigenvalue weighted by molar-refractivity contribution is 5.78. The van der Waals surface area contributed by atoms with Crippen molar-refractivity contribution >= 4 is 12.0 Å². The van der Waals surface area contributed by atoms with Crippen LogP contribution in [0.15, 0.2) is 34.3 Å². The van der Waals surface area contributed by atoms with E-state index in [4.69, 9.17) is 5.11 Å². The molecule has 112 valence electrons. The normalized spacial score (nSPS) is 14.5. The van der Waals surface area contributed by atoms with Crippen molar-refractivity contribution in [3.63, 3.8) is 0 Å². The first-order chi connectivity index (χ1) is 10.0. The monoisotopic (exact) mass is 290 g/mol. The van der Waals surface area contributed by atoms with Crippen molar-refractivity contribution in [1.29, 1.82) is 0 Å². The maximum Gasteiger partial charge on any atom is 0.408 e. The van der Waals surface area contributed by atoms with E-state index >= 15 is 0 Å². The number of hydrogen-bond acceptors (Lipinski definition) is 4. The topological polar surface area (TPSA) is 103 Å². The summed E-state index contributed by atoms with van der Waals surface area (Å²) >= 11 is 0. The van der Waals surface area contributed by atoms with Crippen LogP contribution in [0.2, 0.25) is 0 Å². The standard InChI is InChI=1S/C14H18N4O3/c1-2-3-8-15-12(19)9-14(18-13(20)21)16-10-6-4-5-7-11(10)17-14/h4-7,18H,2-3,8-9H2,1H3,(H,15,19)(H,20,21). The third-order valence-corrected chi connectivity index (χ3v) is 3.06. The molecule has 0 saturated heterocycles. The van der Waals surface area contributed by atoms with E-state index in [1.807, 2.05) is 6.92 Å². The van der Waals surface area contributed by atoms with E-state index in [9.17, 15) is 9.59 Å². The summed E-state index contributed by atoms with van der Waals surface area (Å²) in [4.78, 5) is 31.5. The van der Waals surface area contributed by atoms with Crippen LogP contribution in [0.25, 0.3) is 0 Å². The Hall–Kier alpha value is -2.44. The number of carbonyl (C=O) groups excluding carboxylic acids is 1. The highest BCUT2D eigenvalue weighted by Gasteiger charge is 2.35. The van der Waals surface area contributed by atoms with Gasteiger partial charge in [0.2, 0.25) is 11.7 Å². The molecule has 0 bridgehead atoms. The maximum atomic E-state index is 11.9. The Morgan fingerprint density at radius 3 is 2.38 bits per heavy atom. The molecule has 0 spiro atoms. The zero-order chi connectivity index (χ0) is 15.3. The van der Waals surface area contributed by atoms with Gasteiger partial charge in [0.05, 0.1) is 17.1 Å². The molecule has 1 aromatic rings. The molecule has 21 heavy (non-hydrogen) atoms. The molecule has 0 unspecified atom stereocenters. The van der Waals surface area contributed by atoms with Crippen LogP contribution in [0.3, 0.4) is 0 Å². The number of nitrogens with one attached hydrogen (secondary N) is 2. The predicted octanol–water partition coefficient (Wildman–Crippen LogP) is 0.167. The molecule has 0 atom stereocenters. The number of nitrogens with zero attached hydrogens (tertiary/aromatic N) is 2.